The van der Waals surface area contributed by atoms with Crippen LogP contribution < -0.4 is 5.32 Å². The van der Waals surface area contributed by atoms with Gasteiger partial charge in [0.25, 0.3) is 0 Å². The Morgan fingerprint density at radius 3 is 3.04 bits per heavy atom. The molecule has 118 valence electrons. The molecule has 2 N–H and O–H groups in total. The number of nitrogens with zero attached hydrogens (tertiary/aromatic N) is 3. The standard InChI is InChI=1S/C18H20N4O/c23-15-4-1-3-14(9-15)12-22-17(10-13-6-8-19-11-13)21-16-5-2-7-20-18(16)22/h1-5,7,9,13,19,23H,6,8,10-12H2. The van der Waals surface area contributed by atoms with Crippen molar-refractivity contribution in [3.63, 3.8) is 0 Å². The zero-order valence-electron chi connectivity index (χ0n) is 12.9. The number of rotatable bonds is 4. The fourth-order valence-electron chi connectivity index (χ4n) is 3.31. The third-order valence-electron chi connectivity index (χ3n) is 4.47. The van der Waals surface area contributed by atoms with Gasteiger partial charge >= 0.3 is 0 Å². The average molecular weight is 308 g/mol. The summed E-state index contributed by atoms with van der Waals surface area (Å²) in [5.41, 5.74) is 2.91. The number of fused-ring (bicyclic) bond motifs is 1. The number of nitrogens with one attached hydrogen (secondary N) is 1. The van der Waals surface area contributed by atoms with Crippen LogP contribution in [0, 0.1) is 5.92 Å². The molecule has 1 unspecified atom stereocenters. The van der Waals surface area contributed by atoms with Crippen LogP contribution in [0.4, 0.5) is 0 Å². The summed E-state index contributed by atoms with van der Waals surface area (Å²) >= 11 is 0. The molecule has 1 atom stereocenters. The molecule has 0 spiro atoms. The van der Waals surface area contributed by atoms with Crippen molar-refractivity contribution in [1.29, 1.82) is 0 Å². The van der Waals surface area contributed by atoms with E-state index in [2.05, 4.69) is 14.9 Å². The Morgan fingerprint density at radius 2 is 2.22 bits per heavy atom. The molecule has 1 aromatic carbocycles. The van der Waals surface area contributed by atoms with E-state index in [1.807, 2.05) is 30.5 Å². The Morgan fingerprint density at radius 1 is 1.26 bits per heavy atom. The van der Waals surface area contributed by atoms with Crippen LogP contribution in [0.2, 0.25) is 0 Å². The molecule has 2 aromatic heterocycles. The van der Waals surface area contributed by atoms with Crippen LogP contribution in [0.15, 0.2) is 42.6 Å². The van der Waals surface area contributed by atoms with E-state index < -0.39 is 0 Å². The van der Waals surface area contributed by atoms with Crippen molar-refractivity contribution < 1.29 is 5.11 Å². The molecule has 1 aliphatic heterocycles. The molecule has 5 nitrogen and oxygen atoms in total. The zero-order valence-corrected chi connectivity index (χ0v) is 12.9. The lowest BCUT2D eigenvalue weighted by molar-refractivity contribution is 0.474. The first-order valence-corrected chi connectivity index (χ1v) is 8.08. The van der Waals surface area contributed by atoms with Gasteiger partial charge in [-0.15, -0.1) is 0 Å². The third-order valence-corrected chi connectivity index (χ3v) is 4.47. The number of aromatic nitrogens is 3. The number of imidazole rings is 1. The molecule has 3 heterocycles. The molecular weight excluding hydrogens is 288 g/mol. The van der Waals surface area contributed by atoms with E-state index in [9.17, 15) is 5.11 Å². The van der Waals surface area contributed by atoms with E-state index in [0.29, 0.717) is 18.2 Å². The third kappa shape index (κ3) is 2.92. The van der Waals surface area contributed by atoms with Gasteiger partial charge in [-0.05, 0) is 55.3 Å². The molecule has 4 rings (SSSR count). The van der Waals surface area contributed by atoms with E-state index in [4.69, 9.17) is 4.98 Å². The minimum atomic E-state index is 0.293. The van der Waals surface area contributed by atoms with E-state index in [1.54, 1.807) is 12.1 Å². The monoisotopic (exact) mass is 308 g/mol. The van der Waals surface area contributed by atoms with E-state index >= 15 is 0 Å². The second kappa shape index (κ2) is 6.01. The minimum absolute atomic E-state index is 0.293. The SMILES string of the molecule is Oc1cccc(Cn2c(CC3CCNC3)nc3cccnc32)c1. The number of pyridine rings is 1. The first-order valence-electron chi connectivity index (χ1n) is 8.08. The highest BCUT2D eigenvalue weighted by atomic mass is 16.3. The van der Waals surface area contributed by atoms with Gasteiger partial charge in [0.1, 0.15) is 17.1 Å². The molecule has 3 aromatic rings. The highest BCUT2D eigenvalue weighted by Crippen LogP contribution is 2.21. The van der Waals surface area contributed by atoms with Crippen LogP contribution >= 0.6 is 0 Å². The van der Waals surface area contributed by atoms with Crippen molar-refractivity contribution in [2.75, 3.05) is 13.1 Å². The van der Waals surface area contributed by atoms with Gasteiger partial charge in [-0.2, -0.15) is 0 Å². The highest BCUT2D eigenvalue weighted by molar-refractivity contribution is 5.71. The number of hydrogen-bond donors (Lipinski definition) is 2. The molecule has 0 radical (unpaired) electrons. The lowest BCUT2D eigenvalue weighted by Crippen LogP contribution is -2.14. The van der Waals surface area contributed by atoms with Gasteiger partial charge < -0.3 is 15.0 Å². The second-order valence-electron chi connectivity index (χ2n) is 6.19. The summed E-state index contributed by atoms with van der Waals surface area (Å²) in [6, 6.07) is 11.3. The summed E-state index contributed by atoms with van der Waals surface area (Å²) in [5.74, 6) is 2.01. The van der Waals surface area contributed by atoms with E-state index in [-0.39, 0.29) is 0 Å². The molecule has 5 heteroatoms. The second-order valence-corrected chi connectivity index (χ2v) is 6.19. The molecule has 0 bridgehead atoms. The molecule has 0 saturated carbocycles. The predicted molar refractivity (Wildman–Crippen MR) is 89.4 cm³/mol. The molecule has 1 fully saturated rings. The molecular formula is C18H20N4O. The normalized spacial score (nSPS) is 17.8. The van der Waals surface area contributed by atoms with Gasteiger partial charge in [0.05, 0.1) is 6.54 Å². The molecule has 23 heavy (non-hydrogen) atoms. The average Bonchev–Trinajstić information content (AvgIpc) is 3.17. The Kier molecular flexibility index (Phi) is 3.71. The van der Waals surface area contributed by atoms with E-state index in [0.717, 1.165) is 42.1 Å². The van der Waals surface area contributed by atoms with Gasteiger partial charge in [0, 0.05) is 12.6 Å². The maximum atomic E-state index is 9.71. The zero-order chi connectivity index (χ0) is 15.6. The lowest BCUT2D eigenvalue weighted by atomic mass is 10.0. The first kappa shape index (κ1) is 14.2. The maximum Gasteiger partial charge on any atom is 0.160 e. The molecule has 1 saturated heterocycles. The number of benzene rings is 1. The van der Waals surface area contributed by atoms with Crippen molar-refractivity contribution in [3.05, 3.63) is 54.0 Å². The summed E-state index contributed by atoms with van der Waals surface area (Å²) in [5, 5.41) is 13.1. The summed E-state index contributed by atoms with van der Waals surface area (Å²) in [4.78, 5) is 9.32. The topological polar surface area (TPSA) is 63.0 Å². The van der Waals surface area contributed by atoms with Crippen LogP contribution in [0.5, 0.6) is 5.75 Å². The predicted octanol–water partition coefficient (Wildman–Crippen LogP) is 2.34. The summed E-state index contributed by atoms with van der Waals surface area (Å²) in [7, 11) is 0. The van der Waals surface area contributed by atoms with Crippen LogP contribution in [0.25, 0.3) is 11.2 Å². The van der Waals surface area contributed by atoms with Crippen LogP contribution in [0.3, 0.4) is 0 Å². The Balaban J connectivity index is 1.72. The van der Waals surface area contributed by atoms with Gasteiger partial charge in [-0.1, -0.05) is 12.1 Å². The fourth-order valence-corrected chi connectivity index (χ4v) is 3.31. The molecule has 0 aliphatic carbocycles. The minimum Gasteiger partial charge on any atom is -0.508 e. The van der Waals surface area contributed by atoms with Crippen molar-refractivity contribution in [2.45, 2.75) is 19.4 Å². The van der Waals surface area contributed by atoms with E-state index in [1.165, 1.54) is 6.42 Å². The fraction of sp³-hybridized carbons (Fsp3) is 0.333. The Bertz CT molecular complexity index is 821. The van der Waals surface area contributed by atoms with Gasteiger partial charge in [-0.3, -0.25) is 0 Å². The summed E-state index contributed by atoms with van der Waals surface area (Å²) < 4.78 is 2.18. The van der Waals surface area contributed by atoms with Gasteiger partial charge in [0.2, 0.25) is 0 Å². The number of phenolic OH excluding ortho intramolecular Hbond substituents is 1. The quantitative estimate of drug-likeness (QED) is 0.776. The van der Waals surface area contributed by atoms with Crippen molar-refractivity contribution >= 4 is 11.2 Å². The van der Waals surface area contributed by atoms with Gasteiger partial charge in [-0.25, -0.2) is 9.97 Å². The number of hydrogen-bond acceptors (Lipinski definition) is 4. The van der Waals surface area contributed by atoms with Crippen molar-refractivity contribution in [1.82, 2.24) is 19.9 Å². The first-order chi connectivity index (χ1) is 11.3. The highest BCUT2D eigenvalue weighted by Gasteiger charge is 2.20. The summed E-state index contributed by atoms with van der Waals surface area (Å²) in [6.45, 7) is 2.83. The number of aromatic hydroxyl groups is 1. The van der Waals surface area contributed by atoms with Crippen molar-refractivity contribution in [2.24, 2.45) is 5.92 Å². The van der Waals surface area contributed by atoms with Crippen LogP contribution in [-0.2, 0) is 13.0 Å². The van der Waals surface area contributed by atoms with Gasteiger partial charge in [0.15, 0.2) is 5.65 Å². The molecule has 0 amide bonds. The van der Waals surface area contributed by atoms with Crippen LogP contribution in [0.1, 0.15) is 17.8 Å². The summed E-state index contributed by atoms with van der Waals surface area (Å²) in [6.07, 6.45) is 3.97. The Labute approximate surface area is 135 Å². The Hall–Kier alpha value is -2.40. The largest absolute Gasteiger partial charge is 0.508 e. The smallest absolute Gasteiger partial charge is 0.160 e. The van der Waals surface area contributed by atoms with Crippen molar-refractivity contribution in [3.8, 4) is 5.75 Å². The molecule has 1 aliphatic rings. The van der Waals surface area contributed by atoms with Crippen LogP contribution in [-0.4, -0.2) is 32.7 Å². The maximum absolute atomic E-state index is 9.71. The lowest BCUT2D eigenvalue weighted by Gasteiger charge is -2.12. The number of phenols is 1.